The zero-order valence-corrected chi connectivity index (χ0v) is 15.6. The van der Waals surface area contributed by atoms with E-state index in [2.05, 4.69) is 15.3 Å². The molecule has 0 bridgehead atoms. The third kappa shape index (κ3) is 3.36. The molecule has 0 aliphatic heterocycles. The van der Waals surface area contributed by atoms with Gasteiger partial charge >= 0.3 is 0 Å². The molecule has 1 saturated carbocycles. The largest absolute Gasteiger partial charge is 0.430 e. The number of hydrogen-bond acceptors (Lipinski definition) is 5. The van der Waals surface area contributed by atoms with Crippen LogP contribution in [0.15, 0.2) is 65.1 Å². The van der Waals surface area contributed by atoms with Crippen LogP contribution in [0.1, 0.15) is 32.1 Å². The topological polar surface area (TPSA) is 63.8 Å². The molecule has 28 heavy (non-hydrogen) atoms. The summed E-state index contributed by atoms with van der Waals surface area (Å²) in [6, 6.07) is 20.4. The van der Waals surface area contributed by atoms with Gasteiger partial charge < -0.3 is 9.73 Å². The normalized spacial score (nSPS) is 15.0. The Labute approximate surface area is 163 Å². The molecule has 2 aromatic heterocycles. The van der Waals surface area contributed by atoms with Crippen LogP contribution in [0.5, 0.6) is 0 Å². The summed E-state index contributed by atoms with van der Waals surface area (Å²) in [5.74, 6) is 1.98. The van der Waals surface area contributed by atoms with Gasteiger partial charge in [-0.25, -0.2) is 9.97 Å². The average molecular weight is 370 g/mol. The standard InChI is InChI=1S/C23H22N4O/c1-4-10-16(11-5-1)20-25-21(24-18-14-8-3-9-15-18)19-22(26-20)27-23(28-19)17-12-6-2-7-13-17/h1-2,4-7,10-13,18H,3,8-9,14-15H2,(H,24,25,26). The molecule has 1 N–H and O–H groups in total. The highest BCUT2D eigenvalue weighted by molar-refractivity contribution is 5.85. The number of hydrogen-bond donors (Lipinski definition) is 1. The molecule has 0 radical (unpaired) electrons. The second kappa shape index (κ2) is 7.43. The zero-order valence-electron chi connectivity index (χ0n) is 15.6. The number of rotatable bonds is 4. The van der Waals surface area contributed by atoms with Crippen LogP contribution in [0.25, 0.3) is 34.1 Å². The molecule has 1 aliphatic carbocycles. The first-order valence-corrected chi connectivity index (χ1v) is 9.93. The lowest BCUT2D eigenvalue weighted by molar-refractivity contribution is 0.461. The van der Waals surface area contributed by atoms with E-state index in [0.717, 1.165) is 29.8 Å². The van der Waals surface area contributed by atoms with E-state index in [0.29, 0.717) is 29.0 Å². The monoisotopic (exact) mass is 370 g/mol. The molecule has 140 valence electrons. The van der Waals surface area contributed by atoms with Crippen molar-refractivity contribution in [2.45, 2.75) is 38.1 Å². The highest BCUT2D eigenvalue weighted by atomic mass is 16.3. The molecule has 0 spiro atoms. The number of nitrogens with zero attached hydrogens (tertiary/aromatic N) is 3. The van der Waals surface area contributed by atoms with E-state index in [1.54, 1.807) is 0 Å². The van der Waals surface area contributed by atoms with Crippen molar-refractivity contribution in [3.05, 3.63) is 60.7 Å². The van der Waals surface area contributed by atoms with Gasteiger partial charge in [0.15, 0.2) is 11.6 Å². The lowest BCUT2D eigenvalue weighted by Gasteiger charge is -2.23. The van der Waals surface area contributed by atoms with Crippen molar-refractivity contribution in [1.82, 2.24) is 15.0 Å². The highest BCUT2D eigenvalue weighted by Crippen LogP contribution is 2.31. The first kappa shape index (κ1) is 16.9. The summed E-state index contributed by atoms with van der Waals surface area (Å²) in [5, 5.41) is 3.61. The molecule has 5 heteroatoms. The third-order valence-corrected chi connectivity index (χ3v) is 5.25. The molecule has 5 rings (SSSR count). The Kier molecular flexibility index (Phi) is 4.49. The van der Waals surface area contributed by atoms with Crippen molar-refractivity contribution < 1.29 is 4.42 Å². The Morgan fingerprint density at radius 1 is 0.750 bits per heavy atom. The van der Waals surface area contributed by atoms with Gasteiger partial charge in [0.2, 0.25) is 17.1 Å². The highest BCUT2D eigenvalue weighted by Gasteiger charge is 2.20. The second-order valence-corrected chi connectivity index (χ2v) is 7.28. The van der Waals surface area contributed by atoms with Gasteiger partial charge in [-0.3, -0.25) is 0 Å². The van der Waals surface area contributed by atoms with E-state index < -0.39 is 0 Å². The van der Waals surface area contributed by atoms with E-state index in [-0.39, 0.29) is 0 Å². The third-order valence-electron chi connectivity index (χ3n) is 5.25. The van der Waals surface area contributed by atoms with Crippen LogP contribution in [0.3, 0.4) is 0 Å². The first-order valence-electron chi connectivity index (χ1n) is 9.93. The number of fused-ring (bicyclic) bond motifs is 1. The summed E-state index contributed by atoms with van der Waals surface area (Å²) in [5.41, 5.74) is 3.13. The van der Waals surface area contributed by atoms with Crippen LogP contribution in [0.2, 0.25) is 0 Å². The molecule has 4 aromatic rings. The van der Waals surface area contributed by atoms with Crippen molar-refractivity contribution in [2.24, 2.45) is 0 Å². The SMILES string of the molecule is c1ccc(-c2nc(NC3CCCCC3)c3oc(-c4ccccc4)nc3n2)cc1. The maximum absolute atomic E-state index is 6.12. The summed E-state index contributed by atoms with van der Waals surface area (Å²) in [6.45, 7) is 0. The van der Waals surface area contributed by atoms with Crippen molar-refractivity contribution in [3.8, 4) is 22.8 Å². The molecule has 5 nitrogen and oxygen atoms in total. The van der Waals surface area contributed by atoms with Gasteiger partial charge in [0, 0.05) is 17.2 Å². The van der Waals surface area contributed by atoms with Crippen molar-refractivity contribution in [3.63, 3.8) is 0 Å². The number of oxazole rings is 1. The van der Waals surface area contributed by atoms with Crippen LogP contribution in [-0.4, -0.2) is 21.0 Å². The summed E-state index contributed by atoms with van der Waals surface area (Å²) in [7, 11) is 0. The Morgan fingerprint density at radius 3 is 2.14 bits per heavy atom. The minimum atomic E-state index is 0.417. The Morgan fingerprint density at radius 2 is 1.43 bits per heavy atom. The average Bonchev–Trinajstić information content (AvgIpc) is 3.20. The van der Waals surface area contributed by atoms with Crippen molar-refractivity contribution >= 4 is 17.0 Å². The maximum Gasteiger partial charge on any atom is 0.229 e. The molecule has 1 aliphatic rings. The van der Waals surface area contributed by atoms with E-state index in [1.165, 1.54) is 19.3 Å². The van der Waals surface area contributed by atoms with Gasteiger partial charge in [0.05, 0.1) is 0 Å². The molecule has 0 amide bonds. The summed E-state index contributed by atoms with van der Waals surface area (Å²) < 4.78 is 6.12. The Bertz CT molecular complexity index is 1070. The predicted molar refractivity (Wildman–Crippen MR) is 111 cm³/mol. The predicted octanol–water partition coefficient (Wildman–Crippen LogP) is 5.70. The number of nitrogens with one attached hydrogen (secondary N) is 1. The van der Waals surface area contributed by atoms with Gasteiger partial charge in [-0.15, -0.1) is 0 Å². The number of aromatic nitrogens is 3. The van der Waals surface area contributed by atoms with Crippen LogP contribution >= 0.6 is 0 Å². The summed E-state index contributed by atoms with van der Waals surface area (Å²) in [6.07, 6.45) is 6.14. The summed E-state index contributed by atoms with van der Waals surface area (Å²) >= 11 is 0. The molecule has 2 aromatic carbocycles. The maximum atomic E-state index is 6.12. The van der Waals surface area contributed by atoms with E-state index in [4.69, 9.17) is 9.40 Å². The van der Waals surface area contributed by atoms with E-state index in [1.807, 2.05) is 60.7 Å². The van der Waals surface area contributed by atoms with E-state index >= 15 is 0 Å². The zero-order chi connectivity index (χ0) is 18.8. The molecule has 0 unspecified atom stereocenters. The fourth-order valence-corrected chi connectivity index (χ4v) is 3.78. The Balaban J connectivity index is 1.62. The van der Waals surface area contributed by atoms with Gasteiger partial charge in [-0.05, 0) is 25.0 Å². The molecule has 2 heterocycles. The second-order valence-electron chi connectivity index (χ2n) is 7.28. The first-order chi connectivity index (χ1) is 13.9. The minimum Gasteiger partial charge on any atom is -0.430 e. The molecular weight excluding hydrogens is 348 g/mol. The molecule has 0 saturated heterocycles. The quantitative estimate of drug-likeness (QED) is 0.499. The van der Waals surface area contributed by atoms with Crippen LogP contribution < -0.4 is 5.32 Å². The van der Waals surface area contributed by atoms with Gasteiger partial charge in [-0.1, -0.05) is 67.8 Å². The fraction of sp³-hybridized carbons (Fsp3) is 0.261. The number of anilines is 1. The van der Waals surface area contributed by atoms with Crippen molar-refractivity contribution in [2.75, 3.05) is 5.32 Å². The van der Waals surface area contributed by atoms with Gasteiger partial charge in [0.1, 0.15) is 0 Å². The molecule has 0 atom stereocenters. The van der Waals surface area contributed by atoms with E-state index in [9.17, 15) is 0 Å². The lowest BCUT2D eigenvalue weighted by Crippen LogP contribution is -2.23. The molecular formula is C23H22N4O. The van der Waals surface area contributed by atoms with Gasteiger partial charge in [-0.2, -0.15) is 4.98 Å². The fourth-order valence-electron chi connectivity index (χ4n) is 3.78. The van der Waals surface area contributed by atoms with Gasteiger partial charge in [0.25, 0.3) is 0 Å². The Hall–Kier alpha value is -3.21. The lowest BCUT2D eigenvalue weighted by atomic mass is 9.95. The van der Waals surface area contributed by atoms with Crippen LogP contribution in [0, 0.1) is 0 Å². The summed E-state index contributed by atoms with van der Waals surface area (Å²) in [4.78, 5) is 14.2. The van der Waals surface area contributed by atoms with Crippen LogP contribution in [0.4, 0.5) is 5.82 Å². The minimum absolute atomic E-state index is 0.417. The molecule has 1 fully saturated rings. The number of benzene rings is 2. The smallest absolute Gasteiger partial charge is 0.229 e. The van der Waals surface area contributed by atoms with Crippen molar-refractivity contribution in [1.29, 1.82) is 0 Å². The van der Waals surface area contributed by atoms with Crippen LogP contribution in [-0.2, 0) is 0 Å².